The third kappa shape index (κ3) is 14.6. The van der Waals surface area contributed by atoms with Crippen LogP contribution in [0.1, 0.15) is 22.9 Å². The van der Waals surface area contributed by atoms with Crippen LogP contribution >= 0.6 is 8.53 Å². The standard InChI is InChI=1S/C44H52F6N5O13P/c1-54(2)69(67-33(25-63-23-20-51-39(57)43(45,46)47)26-64-24-21-52-40(58)44(48,49)50)68-36-34(66-38(37(36)62-5)55-22-19-35(56)53-41(55)59)27-65-42(28-9-7-6-8-10-28,29-11-15-31(60-3)16-12-29)30-13-17-32(61-4)18-14-30/h6-19,22,33-34,36-38H,20-21,23-27H2,1-5H3,(H,51,57)(H,52,58)(H,53,56,59)/t34-,36-,37-,38-,69?/m1/s1. The Kier molecular flexibility index (Phi) is 19.7. The Bertz CT molecular complexity index is 2280. The Morgan fingerprint density at radius 1 is 0.754 bits per heavy atom. The number of hydrogen-bond donors (Lipinski definition) is 3. The monoisotopic (exact) mass is 1000 g/mol. The number of methoxy groups -OCH3 is 3. The third-order valence-corrected chi connectivity index (χ3v) is 11.8. The molecule has 18 nitrogen and oxygen atoms in total. The molecule has 5 rings (SSSR count). The van der Waals surface area contributed by atoms with Crippen LogP contribution in [0.4, 0.5) is 26.3 Å². The first-order valence-corrected chi connectivity index (χ1v) is 22.1. The summed E-state index contributed by atoms with van der Waals surface area (Å²) in [5.74, 6) is -3.22. The van der Waals surface area contributed by atoms with Crippen molar-refractivity contribution >= 4 is 20.3 Å². The molecule has 0 bridgehead atoms. The van der Waals surface area contributed by atoms with E-state index in [1.807, 2.05) is 54.6 Å². The van der Waals surface area contributed by atoms with Gasteiger partial charge in [-0.05, 0) is 55.1 Å². The fraction of sp³-hybridized carbons (Fsp3) is 0.455. The lowest BCUT2D eigenvalue weighted by Crippen LogP contribution is -2.42. The number of halogens is 6. The van der Waals surface area contributed by atoms with Gasteiger partial charge in [-0.1, -0.05) is 54.6 Å². The average Bonchev–Trinajstić information content (AvgIpc) is 3.67. The van der Waals surface area contributed by atoms with Gasteiger partial charge in [-0.3, -0.25) is 23.9 Å². The predicted octanol–water partition coefficient (Wildman–Crippen LogP) is 4.42. The van der Waals surface area contributed by atoms with E-state index >= 15 is 0 Å². The minimum Gasteiger partial charge on any atom is -0.497 e. The summed E-state index contributed by atoms with van der Waals surface area (Å²) in [6.07, 6.45) is -14.8. The molecule has 1 aromatic heterocycles. The third-order valence-electron chi connectivity index (χ3n) is 10.3. The van der Waals surface area contributed by atoms with Crippen LogP contribution in [0.2, 0.25) is 0 Å². The summed E-state index contributed by atoms with van der Waals surface area (Å²) in [6.45, 7) is -3.01. The van der Waals surface area contributed by atoms with Gasteiger partial charge in [0.15, 0.2) is 6.23 Å². The van der Waals surface area contributed by atoms with Gasteiger partial charge in [0.05, 0.1) is 47.3 Å². The first kappa shape index (κ1) is 54.5. The zero-order valence-corrected chi connectivity index (χ0v) is 38.8. The SMILES string of the molecule is COc1ccc(C(OC[C@H]2O[C@@H](n3ccc(=O)[nH]c3=O)[C@H](OC)[C@@H]2OP(OC(COCCNC(=O)C(F)(F)F)COCCNC(=O)C(F)(F)F)N(C)C)(c2ccccc2)c2ccc(OC)cc2)cc1. The zero-order chi connectivity index (χ0) is 50.4. The van der Waals surface area contributed by atoms with Crippen LogP contribution in [0.5, 0.6) is 11.5 Å². The van der Waals surface area contributed by atoms with E-state index in [9.17, 15) is 45.5 Å². The molecule has 4 aromatic rings. The number of nitrogens with one attached hydrogen (secondary N) is 3. The number of ether oxygens (including phenoxy) is 7. The summed E-state index contributed by atoms with van der Waals surface area (Å²) in [5, 5.41) is 3.35. The smallest absolute Gasteiger partial charge is 0.471 e. The summed E-state index contributed by atoms with van der Waals surface area (Å²) in [5.41, 5.74) is -0.833. The highest BCUT2D eigenvalue weighted by Gasteiger charge is 2.51. The van der Waals surface area contributed by atoms with Crippen molar-refractivity contribution < 1.29 is 78.1 Å². The second-order valence-corrected chi connectivity index (χ2v) is 16.8. The van der Waals surface area contributed by atoms with Crippen LogP contribution in [0.25, 0.3) is 0 Å². The first-order valence-electron chi connectivity index (χ1n) is 21.0. The average molecular weight is 1000 g/mol. The van der Waals surface area contributed by atoms with Crippen LogP contribution in [0.15, 0.2) is 101 Å². The molecule has 2 amide bonds. The number of aromatic amines is 1. The van der Waals surface area contributed by atoms with Crippen molar-refractivity contribution in [1.82, 2.24) is 24.9 Å². The number of carbonyl (C=O) groups is 2. The van der Waals surface area contributed by atoms with Crippen LogP contribution in [-0.4, -0.2) is 144 Å². The number of H-pyrrole nitrogens is 1. The molecule has 1 saturated heterocycles. The van der Waals surface area contributed by atoms with Crippen molar-refractivity contribution in [3.63, 3.8) is 0 Å². The van der Waals surface area contributed by atoms with E-state index in [1.54, 1.807) is 49.0 Å². The Morgan fingerprint density at radius 3 is 1.71 bits per heavy atom. The first-order chi connectivity index (χ1) is 32.8. The molecule has 0 saturated carbocycles. The minimum atomic E-state index is -5.13. The van der Waals surface area contributed by atoms with Crippen molar-refractivity contribution in [1.29, 1.82) is 0 Å². The fourth-order valence-electron chi connectivity index (χ4n) is 7.01. The van der Waals surface area contributed by atoms with Gasteiger partial charge in [0.2, 0.25) is 0 Å². The number of hydrogen-bond acceptors (Lipinski definition) is 14. The number of rotatable bonds is 25. The van der Waals surface area contributed by atoms with E-state index in [0.29, 0.717) is 28.2 Å². The van der Waals surface area contributed by atoms with Crippen molar-refractivity contribution in [3.05, 3.63) is 129 Å². The molecule has 1 aliphatic rings. The molecule has 5 atom stereocenters. The molecule has 0 aliphatic carbocycles. The van der Waals surface area contributed by atoms with Gasteiger partial charge in [-0.2, -0.15) is 26.3 Å². The Hall–Kier alpha value is -5.43. The van der Waals surface area contributed by atoms with Crippen molar-refractivity contribution in [2.45, 2.75) is 48.6 Å². The van der Waals surface area contributed by atoms with Gasteiger partial charge < -0.3 is 52.8 Å². The largest absolute Gasteiger partial charge is 0.497 e. The molecule has 3 aromatic carbocycles. The fourth-order valence-corrected chi connectivity index (χ4v) is 8.28. The maximum Gasteiger partial charge on any atom is 0.471 e. The molecular formula is C44H52F6N5O13P. The highest BCUT2D eigenvalue weighted by molar-refractivity contribution is 7.44. The van der Waals surface area contributed by atoms with Gasteiger partial charge >= 0.3 is 29.9 Å². The molecule has 1 unspecified atom stereocenters. The summed E-state index contributed by atoms with van der Waals surface area (Å²) in [7, 11) is 5.33. The second kappa shape index (κ2) is 24.9. The van der Waals surface area contributed by atoms with Gasteiger partial charge in [-0.15, -0.1) is 0 Å². The van der Waals surface area contributed by atoms with E-state index in [1.165, 1.54) is 32.2 Å². The van der Waals surface area contributed by atoms with Crippen LogP contribution in [0.3, 0.4) is 0 Å². The van der Waals surface area contributed by atoms with Gasteiger partial charge in [0.25, 0.3) is 14.1 Å². The maximum absolute atomic E-state index is 13.3. The van der Waals surface area contributed by atoms with Crippen molar-refractivity contribution in [2.24, 2.45) is 0 Å². The van der Waals surface area contributed by atoms with E-state index in [-0.39, 0.29) is 6.61 Å². The summed E-state index contributed by atoms with van der Waals surface area (Å²) < 4.78 is 134. The number of carbonyl (C=O) groups excluding carboxylic acids is 2. The normalized spacial score (nSPS) is 18.0. The summed E-state index contributed by atoms with van der Waals surface area (Å²) in [4.78, 5) is 50.3. The predicted molar refractivity (Wildman–Crippen MR) is 234 cm³/mol. The molecule has 0 spiro atoms. The highest BCUT2D eigenvalue weighted by Crippen LogP contribution is 2.49. The lowest BCUT2D eigenvalue weighted by molar-refractivity contribution is -0.173. The van der Waals surface area contributed by atoms with Gasteiger partial charge in [-0.25, -0.2) is 9.46 Å². The van der Waals surface area contributed by atoms with Crippen molar-refractivity contribution in [3.8, 4) is 11.5 Å². The number of alkyl halides is 6. The number of aromatic nitrogens is 2. The van der Waals surface area contributed by atoms with Gasteiger partial charge in [0, 0.05) is 32.5 Å². The topological polar surface area (TPSA) is 199 Å². The minimum absolute atomic E-state index is 0.272. The molecule has 2 heterocycles. The number of benzene rings is 3. The lowest BCUT2D eigenvalue weighted by atomic mass is 9.80. The van der Waals surface area contributed by atoms with E-state index in [0.717, 1.165) is 10.6 Å². The van der Waals surface area contributed by atoms with Crippen molar-refractivity contribution in [2.75, 3.05) is 81.5 Å². The maximum atomic E-state index is 13.3. The molecule has 25 heteroatoms. The Labute approximate surface area is 393 Å². The lowest BCUT2D eigenvalue weighted by Gasteiger charge is -2.38. The van der Waals surface area contributed by atoms with Crippen LogP contribution in [-0.2, 0) is 47.9 Å². The molecule has 1 fully saturated rings. The highest BCUT2D eigenvalue weighted by atomic mass is 31.2. The zero-order valence-electron chi connectivity index (χ0n) is 37.9. The summed E-state index contributed by atoms with van der Waals surface area (Å²) in [6, 6.07) is 24.9. The molecule has 1 aliphatic heterocycles. The molecular weight excluding hydrogens is 951 g/mol. The Balaban J connectivity index is 1.50. The van der Waals surface area contributed by atoms with Crippen LogP contribution in [0, 0.1) is 0 Å². The quantitative estimate of drug-likeness (QED) is 0.0365. The van der Waals surface area contributed by atoms with E-state index in [2.05, 4.69) is 4.98 Å². The molecule has 3 N–H and O–H groups in total. The number of nitrogens with zero attached hydrogens (tertiary/aromatic N) is 2. The van der Waals surface area contributed by atoms with Crippen LogP contribution < -0.4 is 31.4 Å². The molecule has 378 valence electrons. The van der Waals surface area contributed by atoms with E-state index in [4.69, 9.17) is 42.2 Å². The Morgan fingerprint density at radius 2 is 1.26 bits per heavy atom. The molecule has 69 heavy (non-hydrogen) atoms. The van der Waals surface area contributed by atoms with Gasteiger partial charge in [0.1, 0.15) is 41.5 Å². The number of amides is 2. The second-order valence-electron chi connectivity index (χ2n) is 15.1. The van der Waals surface area contributed by atoms with E-state index < -0.39 is 120 Å². The molecule has 0 radical (unpaired) electrons. The summed E-state index contributed by atoms with van der Waals surface area (Å²) >= 11 is 0.